The van der Waals surface area contributed by atoms with Gasteiger partial charge in [0.2, 0.25) is 5.91 Å². The number of carbonyl (C=O) groups excluding carboxylic acids is 1. The fourth-order valence-corrected chi connectivity index (χ4v) is 3.86. The van der Waals surface area contributed by atoms with Crippen molar-refractivity contribution in [3.63, 3.8) is 0 Å². The molecule has 1 amide bonds. The first-order valence-electron chi connectivity index (χ1n) is 10.3. The lowest BCUT2D eigenvalue weighted by molar-refractivity contribution is -0.207. The van der Waals surface area contributed by atoms with Crippen LogP contribution in [-0.2, 0) is 32.2 Å². The molecule has 1 heterocycles. The van der Waals surface area contributed by atoms with Gasteiger partial charge in [-0.15, -0.1) is 0 Å². The molecular weight excluding hydrogens is 366 g/mol. The van der Waals surface area contributed by atoms with Crippen molar-refractivity contribution >= 4 is 5.91 Å². The lowest BCUT2D eigenvalue weighted by Crippen LogP contribution is -2.52. The Morgan fingerprint density at radius 1 is 0.897 bits per heavy atom. The first-order valence-corrected chi connectivity index (χ1v) is 10.3. The van der Waals surface area contributed by atoms with Crippen molar-refractivity contribution in [2.75, 3.05) is 6.61 Å². The average molecular weight is 398 g/mol. The highest BCUT2D eigenvalue weighted by Crippen LogP contribution is 2.34. The summed E-state index contributed by atoms with van der Waals surface area (Å²) < 4.78 is 18.5. The number of hydrogen-bond acceptors (Lipinski definition) is 4. The summed E-state index contributed by atoms with van der Waals surface area (Å²) in [5.74, 6) is 0.0254. The molecule has 0 radical (unpaired) electrons. The van der Waals surface area contributed by atoms with Crippen LogP contribution in [-0.4, -0.2) is 30.8 Å². The summed E-state index contributed by atoms with van der Waals surface area (Å²) in [5, 5.41) is 0. The van der Waals surface area contributed by atoms with Crippen LogP contribution in [0, 0.1) is 11.8 Å². The maximum atomic E-state index is 11.5. The molecule has 0 bridgehead atoms. The van der Waals surface area contributed by atoms with E-state index in [9.17, 15) is 4.79 Å². The van der Waals surface area contributed by atoms with E-state index in [1.54, 1.807) is 0 Å². The number of primary amides is 1. The van der Waals surface area contributed by atoms with Gasteiger partial charge < -0.3 is 19.9 Å². The number of hydrogen-bond donors (Lipinski definition) is 1. The normalized spacial score (nSPS) is 26.9. The predicted molar refractivity (Wildman–Crippen MR) is 112 cm³/mol. The van der Waals surface area contributed by atoms with Crippen LogP contribution >= 0.6 is 0 Å². The SMILES string of the molecule is C[C@@H]1[C@H](C)[C@@H](CC(N)=O)O[C@H](COCc2ccccc2)[C@H]1OCc1ccccc1. The Morgan fingerprint density at radius 3 is 2.07 bits per heavy atom. The number of nitrogens with two attached hydrogens (primary N) is 1. The highest BCUT2D eigenvalue weighted by molar-refractivity contribution is 5.74. The summed E-state index contributed by atoms with van der Waals surface area (Å²) in [7, 11) is 0. The van der Waals surface area contributed by atoms with E-state index in [-0.39, 0.29) is 42.5 Å². The molecule has 0 spiro atoms. The van der Waals surface area contributed by atoms with Crippen molar-refractivity contribution in [3.05, 3.63) is 71.8 Å². The Hall–Kier alpha value is -2.21. The molecule has 1 saturated heterocycles. The monoisotopic (exact) mass is 397 g/mol. The van der Waals surface area contributed by atoms with Crippen molar-refractivity contribution in [2.24, 2.45) is 17.6 Å². The van der Waals surface area contributed by atoms with Crippen molar-refractivity contribution in [1.29, 1.82) is 0 Å². The van der Waals surface area contributed by atoms with E-state index in [1.165, 1.54) is 0 Å². The lowest BCUT2D eigenvalue weighted by atomic mass is 9.80. The van der Waals surface area contributed by atoms with Crippen LogP contribution in [0.3, 0.4) is 0 Å². The fraction of sp³-hybridized carbons (Fsp3) is 0.458. The molecule has 5 heteroatoms. The van der Waals surface area contributed by atoms with Gasteiger partial charge in [0.25, 0.3) is 0 Å². The maximum absolute atomic E-state index is 11.5. The zero-order valence-corrected chi connectivity index (χ0v) is 17.2. The first-order chi connectivity index (χ1) is 14.0. The molecule has 29 heavy (non-hydrogen) atoms. The second-order valence-corrected chi connectivity index (χ2v) is 7.86. The molecule has 1 aliphatic heterocycles. The summed E-state index contributed by atoms with van der Waals surface area (Å²) in [6, 6.07) is 20.1. The smallest absolute Gasteiger partial charge is 0.220 e. The van der Waals surface area contributed by atoms with E-state index >= 15 is 0 Å². The lowest BCUT2D eigenvalue weighted by Gasteiger charge is -2.44. The standard InChI is InChI=1S/C24H31NO4/c1-17-18(2)24(28-15-20-11-7-4-8-12-20)22(29-21(17)13-23(25)26)16-27-14-19-9-5-3-6-10-19/h3-12,17-18,21-22,24H,13-16H2,1-2H3,(H2,25,26)/t17-,18+,21+,22+,24-/m0/s1. The van der Waals surface area contributed by atoms with Crippen molar-refractivity contribution in [3.8, 4) is 0 Å². The minimum absolute atomic E-state index is 0.120. The van der Waals surface area contributed by atoms with Crippen molar-refractivity contribution < 1.29 is 19.0 Å². The fourth-order valence-electron chi connectivity index (χ4n) is 3.86. The molecule has 156 valence electrons. The molecule has 0 aliphatic carbocycles. The van der Waals surface area contributed by atoms with Gasteiger partial charge in [-0.2, -0.15) is 0 Å². The summed E-state index contributed by atoms with van der Waals surface area (Å²) >= 11 is 0. The van der Waals surface area contributed by atoms with E-state index in [0.717, 1.165) is 11.1 Å². The molecule has 1 fully saturated rings. The molecule has 3 rings (SSSR count). The zero-order chi connectivity index (χ0) is 20.6. The third-order valence-corrected chi connectivity index (χ3v) is 5.73. The van der Waals surface area contributed by atoms with Gasteiger partial charge >= 0.3 is 0 Å². The zero-order valence-electron chi connectivity index (χ0n) is 17.2. The Labute approximate surface area is 173 Å². The van der Waals surface area contributed by atoms with Crippen LogP contribution in [0.25, 0.3) is 0 Å². The van der Waals surface area contributed by atoms with Gasteiger partial charge in [0.05, 0.1) is 38.4 Å². The molecule has 5 atom stereocenters. The molecule has 1 aliphatic rings. The minimum atomic E-state index is -0.346. The highest BCUT2D eigenvalue weighted by atomic mass is 16.6. The Balaban J connectivity index is 1.66. The van der Waals surface area contributed by atoms with Crippen LogP contribution in [0.4, 0.5) is 0 Å². The van der Waals surface area contributed by atoms with E-state index < -0.39 is 0 Å². The molecule has 2 aromatic carbocycles. The maximum Gasteiger partial charge on any atom is 0.220 e. The molecule has 2 aromatic rings. The Bertz CT molecular complexity index is 752. The van der Waals surface area contributed by atoms with Crippen LogP contribution in [0.2, 0.25) is 0 Å². The average Bonchev–Trinajstić information content (AvgIpc) is 2.72. The highest BCUT2D eigenvalue weighted by Gasteiger charge is 2.42. The van der Waals surface area contributed by atoms with E-state index in [1.807, 2.05) is 48.5 Å². The van der Waals surface area contributed by atoms with Crippen LogP contribution < -0.4 is 5.73 Å². The minimum Gasteiger partial charge on any atom is -0.374 e. The van der Waals surface area contributed by atoms with Crippen LogP contribution in [0.5, 0.6) is 0 Å². The second kappa shape index (κ2) is 10.5. The van der Waals surface area contributed by atoms with Gasteiger partial charge in [-0.05, 0) is 23.0 Å². The number of carbonyl (C=O) groups is 1. The summed E-state index contributed by atoms with van der Waals surface area (Å²) in [5.41, 5.74) is 7.67. The number of benzene rings is 2. The van der Waals surface area contributed by atoms with E-state index in [0.29, 0.717) is 19.8 Å². The van der Waals surface area contributed by atoms with Crippen LogP contribution in [0.15, 0.2) is 60.7 Å². The van der Waals surface area contributed by atoms with Gasteiger partial charge in [-0.25, -0.2) is 0 Å². The van der Waals surface area contributed by atoms with Gasteiger partial charge in [0.15, 0.2) is 0 Å². The van der Waals surface area contributed by atoms with Gasteiger partial charge in [-0.3, -0.25) is 4.79 Å². The number of ether oxygens (including phenoxy) is 3. The molecule has 0 aromatic heterocycles. The second-order valence-electron chi connectivity index (χ2n) is 7.86. The molecule has 0 saturated carbocycles. The summed E-state index contributed by atoms with van der Waals surface area (Å²) in [6.45, 7) is 5.68. The predicted octanol–water partition coefficient (Wildman–Crippen LogP) is 3.70. The molecule has 0 unspecified atom stereocenters. The largest absolute Gasteiger partial charge is 0.374 e. The summed E-state index contributed by atoms with van der Waals surface area (Å²) in [6.07, 6.45) is -0.376. The quantitative estimate of drug-likeness (QED) is 0.700. The third-order valence-electron chi connectivity index (χ3n) is 5.73. The van der Waals surface area contributed by atoms with Crippen molar-refractivity contribution in [2.45, 2.75) is 51.8 Å². The van der Waals surface area contributed by atoms with Gasteiger partial charge in [-0.1, -0.05) is 74.5 Å². The van der Waals surface area contributed by atoms with Crippen LogP contribution in [0.1, 0.15) is 31.4 Å². The van der Waals surface area contributed by atoms with E-state index in [4.69, 9.17) is 19.9 Å². The van der Waals surface area contributed by atoms with E-state index in [2.05, 4.69) is 26.0 Å². The molecule has 5 nitrogen and oxygen atoms in total. The topological polar surface area (TPSA) is 70.8 Å². The van der Waals surface area contributed by atoms with Crippen molar-refractivity contribution in [1.82, 2.24) is 0 Å². The first kappa shape index (κ1) is 21.5. The third kappa shape index (κ3) is 6.13. The molecule has 2 N–H and O–H groups in total. The molecular formula is C24H31NO4. The number of amides is 1. The van der Waals surface area contributed by atoms with Gasteiger partial charge in [0, 0.05) is 0 Å². The number of rotatable bonds is 9. The van der Waals surface area contributed by atoms with Gasteiger partial charge in [0.1, 0.15) is 6.10 Å². The summed E-state index contributed by atoms with van der Waals surface area (Å²) in [4.78, 5) is 11.5. The Morgan fingerprint density at radius 2 is 1.48 bits per heavy atom. The Kier molecular flexibility index (Phi) is 7.81.